The molecule has 0 bridgehead atoms. The van der Waals surface area contributed by atoms with E-state index >= 15 is 0 Å². The third kappa shape index (κ3) is 2.49. The summed E-state index contributed by atoms with van der Waals surface area (Å²) in [5.74, 6) is 0.122. The van der Waals surface area contributed by atoms with Gasteiger partial charge < -0.3 is 0 Å². The first kappa shape index (κ1) is 14.0. The highest BCUT2D eigenvalue weighted by Crippen LogP contribution is 2.53. The Bertz CT molecular complexity index is 636. The number of fused-ring (bicyclic) bond motifs is 1. The molecule has 0 radical (unpaired) electrons. The largest absolute Gasteiger partial charge is 0.299 e. The van der Waals surface area contributed by atoms with Crippen molar-refractivity contribution in [3.8, 4) is 0 Å². The molecule has 0 fully saturated rings. The zero-order chi connectivity index (χ0) is 14.5. The summed E-state index contributed by atoms with van der Waals surface area (Å²) in [6.45, 7) is 1.88. The van der Waals surface area contributed by atoms with Gasteiger partial charge in [0.15, 0.2) is 0 Å². The molecule has 6 nitrogen and oxygen atoms in total. The fraction of sp³-hybridized carbons (Fsp3) is 0.273. The minimum atomic E-state index is -2.85. The van der Waals surface area contributed by atoms with Crippen LogP contribution in [0.1, 0.15) is 18.1 Å². The molecule has 1 aromatic rings. The maximum atomic E-state index is 11.2. The summed E-state index contributed by atoms with van der Waals surface area (Å²) in [7, 11) is -2.85. The van der Waals surface area contributed by atoms with Gasteiger partial charge in [0.2, 0.25) is 0 Å². The van der Waals surface area contributed by atoms with Crippen LogP contribution in [-0.4, -0.2) is 25.3 Å². The van der Waals surface area contributed by atoms with E-state index in [4.69, 9.17) is 11.6 Å². The lowest BCUT2D eigenvalue weighted by atomic mass is 10.0. The molecule has 0 saturated heterocycles. The second-order valence-electron chi connectivity index (χ2n) is 4.56. The summed E-state index contributed by atoms with van der Waals surface area (Å²) >= 11 is 7.33. The van der Waals surface area contributed by atoms with Crippen molar-refractivity contribution in [2.24, 2.45) is 5.10 Å². The minimum Gasteiger partial charge on any atom is -0.283 e. The number of benzene rings is 1. The lowest BCUT2D eigenvalue weighted by Gasteiger charge is -2.26. The SMILES string of the molecule is CC1SC(=O)NN=C1c1cc(Cl)c2c(c1)CS(O)(O)N2. The molecule has 0 aliphatic carbocycles. The number of hydrogen-bond acceptors (Lipinski definition) is 6. The normalized spacial score (nSPS) is 25.3. The van der Waals surface area contributed by atoms with Crippen molar-refractivity contribution >= 4 is 50.8 Å². The number of hydrogen-bond donors (Lipinski definition) is 4. The van der Waals surface area contributed by atoms with Gasteiger partial charge >= 0.3 is 0 Å². The predicted molar refractivity (Wildman–Crippen MR) is 83.7 cm³/mol. The molecule has 0 saturated carbocycles. The lowest BCUT2D eigenvalue weighted by molar-refractivity contribution is 0.261. The molecule has 1 aromatic carbocycles. The van der Waals surface area contributed by atoms with Crippen LogP contribution in [0.5, 0.6) is 0 Å². The summed E-state index contributed by atoms with van der Waals surface area (Å²) < 4.78 is 22.1. The zero-order valence-electron chi connectivity index (χ0n) is 10.4. The molecule has 1 amide bonds. The molecule has 108 valence electrons. The van der Waals surface area contributed by atoms with Crippen LogP contribution >= 0.6 is 34.1 Å². The van der Waals surface area contributed by atoms with Gasteiger partial charge in [0.05, 0.1) is 27.4 Å². The molecule has 2 aliphatic rings. The van der Waals surface area contributed by atoms with Crippen LogP contribution in [-0.2, 0) is 5.75 Å². The monoisotopic (exact) mass is 333 g/mol. The molecule has 0 aromatic heterocycles. The predicted octanol–water partition coefficient (Wildman–Crippen LogP) is 3.48. The first-order chi connectivity index (χ1) is 9.35. The maximum absolute atomic E-state index is 11.2. The molecule has 3 rings (SSSR count). The maximum Gasteiger partial charge on any atom is 0.299 e. The highest BCUT2D eigenvalue weighted by Gasteiger charge is 2.29. The Labute approximate surface area is 126 Å². The molecule has 1 unspecified atom stereocenters. The number of halogens is 1. The van der Waals surface area contributed by atoms with Gasteiger partial charge in [-0.2, -0.15) is 5.10 Å². The van der Waals surface area contributed by atoms with Crippen molar-refractivity contribution in [3.05, 3.63) is 28.3 Å². The van der Waals surface area contributed by atoms with Crippen molar-refractivity contribution < 1.29 is 13.9 Å². The second kappa shape index (κ2) is 4.81. The van der Waals surface area contributed by atoms with Crippen LogP contribution in [0.3, 0.4) is 0 Å². The number of nitrogens with zero attached hydrogens (tertiary/aromatic N) is 1. The van der Waals surface area contributed by atoms with Crippen molar-refractivity contribution in [1.82, 2.24) is 5.43 Å². The van der Waals surface area contributed by atoms with E-state index < -0.39 is 10.8 Å². The summed E-state index contributed by atoms with van der Waals surface area (Å²) in [6, 6.07) is 3.53. The lowest BCUT2D eigenvalue weighted by Crippen LogP contribution is -2.29. The Balaban J connectivity index is 2.02. The van der Waals surface area contributed by atoms with Crippen LogP contribution in [0.25, 0.3) is 0 Å². The third-order valence-corrected chi connectivity index (χ3v) is 5.45. The smallest absolute Gasteiger partial charge is 0.283 e. The number of nitrogens with one attached hydrogen (secondary N) is 2. The number of anilines is 1. The van der Waals surface area contributed by atoms with Crippen LogP contribution < -0.4 is 10.1 Å². The van der Waals surface area contributed by atoms with E-state index in [-0.39, 0.29) is 16.2 Å². The van der Waals surface area contributed by atoms with E-state index in [1.165, 1.54) is 0 Å². The molecule has 2 heterocycles. The van der Waals surface area contributed by atoms with Gasteiger partial charge in [-0.15, -0.1) is 10.8 Å². The van der Waals surface area contributed by atoms with Gasteiger partial charge in [0.25, 0.3) is 5.24 Å². The average molecular weight is 334 g/mol. The van der Waals surface area contributed by atoms with Crippen LogP contribution in [0, 0.1) is 0 Å². The standard InChI is InChI=1S/C11H12ClN3O3S2/c1-5-9(13-14-11(16)19-5)6-2-7-4-20(17,18)15-10(7)8(12)3-6/h2-3,5,15,17-18H,4H2,1H3,(H,14,16). The summed E-state index contributed by atoms with van der Waals surface area (Å²) in [5, 5.41) is 4.19. The number of rotatable bonds is 1. The fourth-order valence-corrected chi connectivity index (χ4v) is 4.56. The highest BCUT2D eigenvalue weighted by atomic mass is 35.5. The van der Waals surface area contributed by atoms with E-state index in [9.17, 15) is 13.9 Å². The number of thioether (sulfide) groups is 1. The Morgan fingerprint density at radius 1 is 1.50 bits per heavy atom. The number of hydrazone groups is 1. The molecule has 4 N–H and O–H groups in total. The van der Waals surface area contributed by atoms with Crippen LogP contribution in [0.15, 0.2) is 17.2 Å². The van der Waals surface area contributed by atoms with Gasteiger partial charge in [-0.25, -0.2) is 5.43 Å². The van der Waals surface area contributed by atoms with Gasteiger partial charge in [-0.05, 0) is 19.1 Å². The first-order valence-electron chi connectivity index (χ1n) is 5.76. The third-order valence-electron chi connectivity index (χ3n) is 3.03. The Hall–Kier alpha value is -0.930. The zero-order valence-corrected chi connectivity index (χ0v) is 12.8. The van der Waals surface area contributed by atoms with Gasteiger partial charge in [-0.1, -0.05) is 23.4 Å². The van der Waals surface area contributed by atoms with E-state index in [0.717, 1.165) is 22.9 Å². The highest BCUT2D eigenvalue weighted by molar-refractivity contribution is 8.25. The molecule has 2 aliphatic heterocycles. The molecular formula is C11H12ClN3O3S2. The van der Waals surface area contributed by atoms with Gasteiger partial charge in [0, 0.05) is 11.1 Å². The van der Waals surface area contributed by atoms with Gasteiger partial charge in [-0.3, -0.25) is 18.6 Å². The van der Waals surface area contributed by atoms with Crippen LogP contribution in [0.2, 0.25) is 5.02 Å². The molecule has 9 heteroatoms. The van der Waals surface area contributed by atoms with E-state index in [0.29, 0.717) is 16.4 Å². The summed E-state index contributed by atoms with van der Waals surface area (Å²) in [5.41, 5.74) is 5.20. The molecule has 20 heavy (non-hydrogen) atoms. The number of carbonyl (C=O) groups is 1. The van der Waals surface area contributed by atoms with Crippen molar-refractivity contribution in [2.75, 3.05) is 4.72 Å². The van der Waals surface area contributed by atoms with E-state index in [1.54, 1.807) is 6.07 Å². The summed E-state index contributed by atoms with van der Waals surface area (Å²) in [6.07, 6.45) is 0. The van der Waals surface area contributed by atoms with Crippen molar-refractivity contribution in [3.63, 3.8) is 0 Å². The first-order valence-corrected chi connectivity index (χ1v) is 8.74. The van der Waals surface area contributed by atoms with Crippen molar-refractivity contribution in [1.29, 1.82) is 0 Å². The van der Waals surface area contributed by atoms with Crippen molar-refractivity contribution in [2.45, 2.75) is 17.9 Å². The number of amides is 1. The topological polar surface area (TPSA) is 94.0 Å². The molecule has 1 atom stereocenters. The Morgan fingerprint density at radius 3 is 2.95 bits per heavy atom. The Morgan fingerprint density at radius 2 is 2.25 bits per heavy atom. The average Bonchev–Trinajstić information content (AvgIpc) is 2.64. The molecular weight excluding hydrogens is 322 g/mol. The molecule has 0 spiro atoms. The van der Waals surface area contributed by atoms with E-state index in [1.807, 2.05) is 13.0 Å². The van der Waals surface area contributed by atoms with E-state index in [2.05, 4.69) is 15.2 Å². The number of carbonyl (C=O) groups excluding carboxylic acids is 1. The minimum absolute atomic E-state index is 0.0902. The van der Waals surface area contributed by atoms with Crippen LogP contribution in [0.4, 0.5) is 10.5 Å². The second-order valence-corrected chi connectivity index (χ2v) is 8.11. The quantitative estimate of drug-likeness (QED) is 0.631. The summed E-state index contributed by atoms with van der Waals surface area (Å²) in [4.78, 5) is 11.2. The Kier molecular flexibility index (Phi) is 3.38. The fourth-order valence-electron chi connectivity index (χ4n) is 2.19. The van der Waals surface area contributed by atoms with Gasteiger partial charge in [0.1, 0.15) is 0 Å².